The molecule has 0 radical (unpaired) electrons. The van der Waals surface area contributed by atoms with E-state index in [4.69, 9.17) is 4.74 Å². The summed E-state index contributed by atoms with van der Waals surface area (Å²) >= 11 is 0. The third-order valence-electron chi connectivity index (χ3n) is 10.7. The van der Waals surface area contributed by atoms with Crippen LogP contribution in [-0.4, -0.2) is 78.0 Å². The maximum absolute atomic E-state index is 14.1. The topological polar surface area (TPSA) is 99.7 Å². The zero-order valence-electron chi connectivity index (χ0n) is 27.0. The van der Waals surface area contributed by atoms with Crippen molar-refractivity contribution >= 4 is 23.5 Å². The lowest BCUT2D eigenvalue weighted by Crippen LogP contribution is -2.46. The molecule has 1 aromatic carbocycles. The molecule has 6 rings (SSSR count). The Bertz CT molecular complexity index is 1440. The Labute approximate surface area is 268 Å². The van der Waals surface area contributed by atoms with Crippen molar-refractivity contribution in [3.05, 3.63) is 41.2 Å². The van der Waals surface area contributed by atoms with E-state index in [2.05, 4.69) is 32.5 Å². The van der Waals surface area contributed by atoms with Crippen molar-refractivity contribution in [2.24, 2.45) is 17.3 Å². The number of hydrogen-bond acceptors (Lipinski definition) is 7. The summed E-state index contributed by atoms with van der Waals surface area (Å²) in [6.07, 6.45) is 5.76. The van der Waals surface area contributed by atoms with Crippen LogP contribution in [0, 0.1) is 17.3 Å². The number of anilines is 2. The quantitative estimate of drug-likeness (QED) is 0.337. The smallest absolute Gasteiger partial charge is 0.419 e. The zero-order valence-corrected chi connectivity index (χ0v) is 27.0. The van der Waals surface area contributed by atoms with E-state index in [0.29, 0.717) is 23.4 Å². The molecule has 2 heterocycles. The van der Waals surface area contributed by atoms with E-state index in [1.165, 1.54) is 7.11 Å². The van der Waals surface area contributed by atoms with E-state index in [1.54, 1.807) is 18.2 Å². The summed E-state index contributed by atoms with van der Waals surface area (Å²) in [6.45, 7) is 1.85. The van der Waals surface area contributed by atoms with Gasteiger partial charge < -0.3 is 25.2 Å². The molecule has 2 amide bonds. The number of benzene rings is 1. The number of nitrogens with one attached hydrogen (secondary N) is 2. The number of carbonyl (C=O) groups excluding carboxylic acids is 2. The number of methoxy groups -OCH3 is 1. The highest BCUT2D eigenvalue weighted by Gasteiger charge is 2.60. The lowest BCUT2D eigenvalue weighted by atomic mass is 9.78. The first-order valence-corrected chi connectivity index (χ1v) is 16.6. The highest BCUT2D eigenvalue weighted by atomic mass is 19.4. The summed E-state index contributed by atoms with van der Waals surface area (Å²) < 4.78 is 47.7. The maximum atomic E-state index is 14.1. The van der Waals surface area contributed by atoms with Crippen LogP contribution in [0.3, 0.4) is 0 Å². The predicted octanol–water partition coefficient (Wildman–Crippen LogP) is 5.82. The van der Waals surface area contributed by atoms with Gasteiger partial charge in [0, 0.05) is 36.8 Å². The molecular formula is C34H45F3N6O3. The number of carbonyl (C=O) groups is 2. The van der Waals surface area contributed by atoms with Crippen LogP contribution in [0.5, 0.6) is 5.75 Å². The van der Waals surface area contributed by atoms with Gasteiger partial charge in [-0.05, 0) is 107 Å². The normalized spacial score (nSPS) is 25.3. The van der Waals surface area contributed by atoms with Gasteiger partial charge in [-0.2, -0.15) is 13.2 Å². The number of halogens is 3. The van der Waals surface area contributed by atoms with Crippen LogP contribution in [0.15, 0.2) is 24.4 Å². The molecule has 2 aromatic rings. The number of aryl methyl sites for hydroxylation is 1. The number of rotatable bonds is 10. The monoisotopic (exact) mass is 642 g/mol. The predicted molar refractivity (Wildman–Crippen MR) is 168 cm³/mol. The number of piperidine rings is 1. The molecule has 1 aromatic heterocycles. The second kappa shape index (κ2) is 13.0. The Morgan fingerprint density at radius 1 is 1.13 bits per heavy atom. The summed E-state index contributed by atoms with van der Waals surface area (Å²) in [6, 6.07) is 5.17. The zero-order chi connectivity index (χ0) is 32.6. The summed E-state index contributed by atoms with van der Waals surface area (Å²) in [7, 11) is 5.45. The van der Waals surface area contributed by atoms with Crippen molar-refractivity contribution in [3.63, 3.8) is 0 Å². The SMILES string of the molecule is COc1cc(C(=O)NC2CCN(C)CC2)ccc1Nc1ncc(C(F)(F)F)c(CC[C@H]2C[C@@]23CCCC[C@H]3N(C)C(=O)C2CC2)n1. The van der Waals surface area contributed by atoms with Gasteiger partial charge in [0.1, 0.15) is 5.75 Å². The van der Waals surface area contributed by atoms with Crippen LogP contribution in [0.25, 0.3) is 0 Å². The maximum Gasteiger partial charge on any atom is 0.419 e. The third-order valence-corrected chi connectivity index (χ3v) is 10.7. The molecule has 1 aliphatic heterocycles. The first-order chi connectivity index (χ1) is 22.0. The number of alkyl halides is 3. The largest absolute Gasteiger partial charge is 0.495 e. The Morgan fingerprint density at radius 2 is 1.89 bits per heavy atom. The number of aromatic nitrogens is 2. The Balaban J connectivity index is 1.14. The van der Waals surface area contributed by atoms with Crippen LogP contribution in [0.2, 0.25) is 0 Å². The average Bonchev–Trinajstić information content (AvgIpc) is 3.98. The van der Waals surface area contributed by atoms with E-state index in [9.17, 15) is 22.8 Å². The van der Waals surface area contributed by atoms with E-state index < -0.39 is 11.7 Å². The fraction of sp³-hybridized carbons (Fsp3) is 0.647. The molecule has 2 N–H and O–H groups in total. The van der Waals surface area contributed by atoms with Crippen LogP contribution >= 0.6 is 0 Å². The highest BCUT2D eigenvalue weighted by molar-refractivity contribution is 5.95. The number of amides is 2. The number of ether oxygens (including phenoxy) is 1. The molecule has 250 valence electrons. The van der Waals surface area contributed by atoms with Crippen molar-refractivity contribution in [1.29, 1.82) is 0 Å². The van der Waals surface area contributed by atoms with Crippen LogP contribution in [0.4, 0.5) is 24.8 Å². The molecule has 9 nitrogen and oxygen atoms in total. The van der Waals surface area contributed by atoms with Gasteiger partial charge >= 0.3 is 6.18 Å². The third kappa shape index (κ3) is 6.96. The van der Waals surface area contributed by atoms with Crippen LogP contribution < -0.4 is 15.4 Å². The highest BCUT2D eigenvalue weighted by Crippen LogP contribution is 2.64. The first-order valence-electron chi connectivity index (χ1n) is 16.6. The van der Waals surface area contributed by atoms with E-state index in [0.717, 1.165) is 77.1 Å². The van der Waals surface area contributed by atoms with Gasteiger partial charge in [-0.25, -0.2) is 9.97 Å². The van der Waals surface area contributed by atoms with Crippen molar-refractivity contribution in [1.82, 2.24) is 25.1 Å². The molecule has 1 spiro atoms. The second-order valence-electron chi connectivity index (χ2n) is 13.8. The Kier molecular flexibility index (Phi) is 9.20. The van der Waals surface area contributed by atoms with E-state index >= 15 is 0 Å². The van der Waals surface area contributed by atoms with Gasteiger partial charge in [0.25, 0.3) is 5.91 Å². The molecular weight excluding hydrogens is 597 g/mol. The van der Waals surface area contributed by atoms with Gasteiger partial charge in [-0.15, -0.1) is 0 Å². The number of nitrogens with zero attached hydrogens (tertiary/aromatic N) is 4. The minimum absolute atomic E-state index is 0.00119. The number of hydrogen-bond donors (Lipinski definition) is 2. The molecule has 0 unspecified atom stereocenters. The fourth-order valence-corrected chi connectivity index (χ4v) is 7.79. The Morgan fingerprint density at radius 3 is 2.59 bits per heavy atom. The number of likely N-dealkylation sites (tertiary alicyclic amines) is 1. The van der Waals surface area contributed by atoms with Gasteiger partial charge in [-0.3, -0.25) is 9.59 Å². The molecule has 3 aliphatic carbocycles. The molecule has 46 heavy (non-hydrogen) atoms. The summed E-state index contributed by atoms with van der Waals surface area (Å²) in [5, 5.41) is 6.09. The molecule has 0 bridgehead atoms. The lowest BCUT2D eigenvalue weighted by molar-refractivity contribution is -0.139. The molecule has 3 atom stereocenters. The Hall–Kier alpha value is -3.41. The first kappa shape index (κ1) is 32.5. The lowest BCUT2D eigenvalue weighted by Gasteiger charge is -2.40. The van der Waals surface area contributed by atoms with E-state index in [-0.39, 0.29) is 59.2 Å². The standard InChI is InChI=1S/C34H45F3N6O3/c1-42-16-13-24(14-17-42)39-30(44)22-9-11-27(28(18-22)46-3)41-32-38-20-25(34(35,36)37)26(40-32)12-10-23-19-33(23)15-5-4-6-29(33)43(2)31(45)21-7-8-21/h9,11,18,20-21,23-24,29H,4-8,10,12-17,19H2,1-3H3,(H,39,44)(H,38,40,41)/t23-,29+,33-/m0/s1. The summed E-state index contributed by atoms with van der Waals surface area (Å²) in [5.74, 6) is 0.819. The molecule has 12 heteroatoms. The summed E-state index contributed by atoms with van der Waals surface area (Å²) in [5.41, 5.74) is -0.00620. The summed E-state index contributed by atoms with van der Waals surface area (Å²) in [4.78, 5) is 38.3. The van der Waals surface area contributed by atoms with Crippen molar-refractivity contribution < 1.29 is 27.5 Å². The van der Waals surface area contributed by atoms with Gasteiger partial charge in [0.2, 0.25) is 11.9 Å². The average molecular weight is 643 g/mol. The molecule has 3 saturated carbocycles. The molecule has 4 fully saturated rings. The second-order valence-corrected chi connectivity index (χ2v) is 13.8. The minimum atomic E-state index is -4.58. The van der Waals surface area contributed by atoms with Crippen LogP contribution in [0.1, 0.15) is 85.8 Å². The fourth-order valence-electron chi connectivity index (χ4n) is 7.79. The van der Waals surface area contributed by atoms with Crippen molar-refractivity contribution in [3.8, 4) is 5.75 Å². The van der Waals surface area contributed by atoms with Crippen molar-refractivity contribution in [2.45, 2.75) is 88.9 Å². The van der Waals surface area contributed by atoms with Gasteiger partial charge in [-0.1, -0.05) is 12.8 Å². The van der Waals surface area contributed by atoms with E-state index in [1.807, 2.05) is 11.9 Å². The molecule has 4 aliphatic rings. The van der Waals surface area contributed by atoms with Crippen LogP contribution in [-0.2, 0) is 17.4 Å². The van der Waals surface area contributed by atoms with Crippen molar-refractivity contribution in [2.75, 3.05) is 39.6 Å². The minimum Gasteiger partial charge on any atom is -0.495 e. The molecule has 1 saturated heterocycles. The van der Waals surface area contributed by atoms with Gasteiger partial charge in [0.05, 0.1) is 24.1 Å². The van der Waals surface area contributed by atoms with Gasteiger partial charge in [0.15, 0.2) is 0 Å².